The first-order valence-corrected chi connectivity index (χ1v) is 9.90. The van der Waals surface area contributed by atoms with E-state index < -0.39 is 18.5 Å². The van der Waals surface area contributed by atoms with Crippen LogP contribution in [-0.4, -0.2) is 28.7 Å². The number of halogens is 1. The Balaban J connectivity index is 1.32. The number of benzene rings is 3. The SMILES string of the molecule is O=C(COC(=O)c1ccccc1OCc1ccc(F)cc1)Nc1nnc(-c2ccccc2)o1. The van der Waals surface area contributed by atoms with Gasteiger partial charge in [0.2, 0.25) is 5.89 Å². The molecular formula is C24H18FN3O5. The summed E-state index contributed by atoms with van der Waals surface area (Å²) in [5.41, 5.74) is 1.58. The van der Waals surface area contributed by atoms with Crippen LogP contribution in [0.2, 0.25) is 0 Å². The van der Waals surface area contributed by atoms with Crippen LogP contribution in [0.4, 0.5) is 10.4 Å². The molecule has 1 amide bonds. The van der Waals surface area contributed by atoms with Gasteiger partial charge in [0.05, 0.1) is 0 Å². The van der Waals surface area contributed by atoms with Crippen molar-refractivity contribution < 1.29 is 27.9 Å². The Labute approximate surface area is 188 Å². The molecular weight excluding hydrogens is 429 g/mol. The minimum absolute atomic E-state index is 0.113. The Morgan fingerprint density at radius 2 is 1.64 bits per heavy atom. The van der Waals surface area contributed by atoms with Crippen LogP contribution in [-0.2, 0) is 16.1 Å². The number of hydrogen-bond donors (Lipinski definition) is 1. The van der Waals surface area contributed by atoms with Gasteiger partial charge in [0.1, 0.15) is 23.7 Å². The van der Waals surface area contributed by atoms with E-state index in [9.17, 15) is 14.0 Å². The molecule has 9 heteroatoms. The van der Waals surface area contributed by atoms with Gasteiger partial charge in [-0.15, -0.1) is 5.10 Å². The number of carbonyl (C=O) groups is 2. The molecule has 0 unspecified atom stereocenters. The van der Waals surface area contributed by atoms with E-state index in [1.807, 2.05) is 18.2 Å². The van der Waals surface area contributed by atoms with Crippen molar-refractivity contribution in [3.05, 3.63) is 95.8 Å². The maximum atomic E-state index is 13.0. The zero-order chi connectivity index (χ0) is 23.0. The third-order valence-electron chi connectivity index (χ3n) is 4.44. The Morgan fingerprint density at radius 1 is 0.909 bits per heavy atom. The van der Waals surface area contributed by atoms with Gasteiger partial charge in [-0.2, -0.15) is 0 Å². The third-order valence-corrected chi connectivity index (χ3v) is 4.44. The first-order valence-electron chi connectivity index (χ1n) is 9.90. The second-order valence-electron chi connectivity index (χ2n) is 6.81. The van der Waals surface area contributed by atoms with Crippen LogP contribution >= 0.6 is 0 Å². The molecule has 1 heterocycles. The number of hydrogen-bond acceptors (Lipinski definition) is 7. The highest BCUT2D eigenvalue weighted by atomic mass is 19.1. The molecule has 0 saturated carbocycles. The molecule has 3 aromatic carbocycles. The molecule has 4 aromatic rings. The molecule has 1 aromatic heterocycles. The lowest BCUT2D eigenvalue weighted by Crippen LogP contribution is -2.21. The zero-order valence-electron chi connectivity index (χ0n) is 17.2. The molecule has 4 rings (SSSR count). The van der Waals surface area contributed by atoms with E-state index in [1.54, 1.807) is 42.5 Å². The van der Waals surface area contributed by atoms with Gasteiger partial charge in [0.15, 0.2) is 6.61 Å². The van der Waals surface area contributed by atoms with E-state index in [0.29, 0.717) is 5.56 Å². The van der Waals surface area contributed by atoms with E-state index in [2.05, 4.69) is 15.5 Å². The second-order valence-corrected chi connectivity index (χ2v) is 6.81. The third kappa shape index (κ3) is 5.79. The lowest BCUT2D eigenvalue weighted by molar-refractivity contribution is -0.119. The van der Waals surface area contributed by atoms with E-state index >= 15 is 0 Å². The summed E-state index contributed by atoms with van der Waals surface area (Å²) in [5.74, 6) is -1.21. The number of nitrogens with zero attached hydrogens (tertiary/aromatic N) is 2. The zero-order valence-corrected chi connectivity index (χ0v) is 17.2. The quantitative estimate of drug-likeness (QED) is 0.403. The highest BCUT2D eigenvalue weighted by Crippen LogP contribution is 2.21. The van der Waals surface area contributed by atoms with Crippen molar-refractivity contribution in [2.45, 2.75) is 6.61 Å². The van der Waals surface area contributed by atoms with Gasteiger partial charge < -0.3 is 13.9 Å². The van der Waals surface area contributed by atoms with E-state index in [-0.39, 0.29) is 35.6 Å². The molecule has 1 N–H and O–H groups in total. The second kappa shape index (κ2) is 10.2. The minimum atomic E-state index is -0.740. The van der Waals surface area contributed by atoms with Gasteiger partial charge in [-0.1, -0.05) is 47.6 Å². The van der Waals surface area contributed by atoms with E-state index in [0.717, 1.165) is 5.56 Å². The average molecular weight is 447 g/mol. The fourth-order valence-electron chi connectivity index (χ4n) is 2.84. The number of para-hydroxylation sites is 1. The van der Waals surface area contributed by atoms with Crippen molar-refractivity contribution in [3.63, 3.8) is 0 Å². The standard InChI is InChI=1S/C24H18FN3O5/c25-18-12-10-16(11-13-18)14-31-20-9-5-4-8-19(20)23(30)32-15-21(29)26-24-28-27-22(33-24)17-6-2-1-3-7-17/h1-13H,14-15H2,(H,26,28,29). The van der Waals surface area contributed by atoms with Gasteiger partial charge in [0, 0.05) is 5.56 Å². The first kappa shape index (κ1) is 21.7. The van der Waals surface area contributed by atoms with Gasteiger partial charge in [-0.25, -0.2) is 9.18 Å². The summed E-state index contributed by atoms with van der Waals surface area (Å²) >= 11 is 0. The highest BCUT2D eigenvalue weighted by Gasteiger charge is 2.17. The van der Waals surface area contributed by atoms with Crippen molar-refractivity contribution in [3.8, 4) is 17.2 Å². The Morgan fingerprint density at radius 3 is 2.42 bits per heavy atom. The molecule has 33 heavy (non-hydrogen) atoms. The number of ether oxygens (including phenoxy) is 2. The molecule has 0 fully saturated rings. The number of rotatable bonds is 8. The normalized spacial score (nSPS) is 10.5. The Hall–Kier alpha value is -4.53. The number of nitrogens with one attached hydrogen (secondary N) is 1. The lowest BCUT2D eigenvalue weighted by atomic mass is 10.2. The van der Waals surface area contributed by atoms with Crippen LogP contribution in [0.25, 0.3) is 11.5 Å². The highest BCUT2D eigenvalue weighted by molar-refractivity contribution is 5.96. The molecule has 0 atom stereocenters. The maximum Gasteiger partial charge on any atom is 0.342 e. The molecule has 0 saturated heterocycles. The molecule has 166 valence electrons. The molecule has 8 nitrogen and oxygen atoms in total. The lowest BCUT2D eigenvalue weighted by Gasteiger charge is -2.11. The molecule has 0 bridgehead atoms. The van der Waals surface area contributed by atoms with Crippen LogP contribution in [0.3, 0.4) is 0 Å². The summed E-state index contributed by atoms with van der Waals surface area (Å²) in [4.78, 5) is 24.6. The van der Waals surface area contributed by atoms with Crippen molar-refractivity contribution >= 4 is 17.9 Å². The summed E-state index contributed by atoms with van der Waals surface area (Å²) < 4.78 is 29.2. The number of amides is 1. The van der Waals surface area contributed by atoms with Crippen LogP contribution in [0.15, 0.2) is 83.3 Å². The monoisotopic (exact) mass is 447 g/mol. The Kier molecular flexibility index (Phi) is 6.70. The van der Waals surface area contributed by atoms with Crippen LogP contribution < -0.4 is 10.1 Å². The summed E-state index contributed by atoms with van der Waals surface area (Å²) in [6.07, 6.45) is 0. The van der Waals surface area contributed by atoms with Crippen molar-refractivity contribution in [2.24, 2.45) is 0 Å². The minimum Gasteiger partial charge on any atom is -0.488 e. The number of esters is 1. The molecule has 0 aliphatic rings. The van der Waals surface area contributed by atoms with Crippen molar-refractivity contribution in [1.82, 2.24) is 10.2 Å². The van der Waals surface area contributed by atoms with Crippen molar-refractivity contribution in [1.29, 1.82) is 0 Å². The Bertz CT molecular complexity index is 1240. The van der Waals surface area contributed by atoms with E-state index in [4.69, 9.17) is 13.9 Å². The van der Waals surface area contributed by atoms with Crippen LogP contribution in [0.1, 0.15) is 15.9 Å². The van der Waals surface area contributed by atoms with Gasteiger partial charge in [0.25, 0.3) is 5.91 Å². The molecule has 0 aliphatic heterocycles. The summed E-state index contributed by atoms with van der Waals surface area (Å²) in [7, 11) is 0. The van der Waals surface area contributed by atoms with Gasteiger partial charge in [-0.3, -0.25) is 10.1 Å². The first-order chi connectivity index (χ1) is 16.1. The van der Waals surface area contributed by atoms with Crippen molar-refractivity contribution in [2.75, 3.05) is 11.9 Å². The molecule has 0 radical (unpaired) electrons. The summed E-state index contributed by atoms with van der Waals surface area (Å²) in [6.45, 7) is -0.430. The predicted molar refractivity (Wildman–Crippen MR) is 116 cm³/mol. The molecule has 0 spiro atoms. The number of aromatic nitrogens is 2. The topological polar surface area (TPSA) is 104 Å². The van der Waals surface area contributed by atoms with Gasteiger partial charge in [-0.05, 0) is 42.0 Å². The molecule has 0 aliphatic carbocycles. The van der Waals surface area contributed by atoms with E-state index in [1.165, 1.54) is 18.2 Å². The predicted octanol–water partition coefficient (Wildman–Crippen LogP) is 4.25. The average Bonchev–Trinajstić information content (AvgIpc) is 3.31. The maximum absolute atomic E-state index is 13.0. The number of anilines is 1. The van der Waals surface area contributed by atoms with Crippen LogP contribution in [0.5, 0.6) is 5.75 Å². The van der Waals surface area contributed by atoms with Crippen LogP contribution in [0, 0.1) is 5.82 Å². The summed E-state index contributed by atoms with van der Waals surface area (Å²) in [5, 5.41) is 10.0. The number of carbonyl (C=O) groups excluding carboxylic acids is 2. The van der Waals surface area contributed by atoms with Gasteiger partial charge >= 0.3 is 12.0 Å². The largest absolute Gasteiger partial charge is 0.488 e. The summed E-state index contributed by atoms with van der Waals surface area (Å²) in [6, 6.07) is 21.2. The fourth-order valence-corrected chi connectivity index (χ4v) is 2.84. The fraction of sp³-hybridized carbons (Fsp3) is 0.0833. The smallest absolute Gasteiger partial charge is 0.342 e.